The number of fused-ring (bicyclic) bond motifs is 1. The van der Waals surface area contributed by atoms with Gasteiger partial charge in [-0.1, -0.05) is 31.4 Å². The van der Waals surface area contributed by atoms with E-state index >= 15 is 0 Å². The highest BCUT2D eigenvalue weighted by atomic mass is 16.6. The van der Waals surface area contributed by atoms with E-state index in [2.05, 4.69) is 18.0 Å². The Morgan fingerprint density at radius 1 is 1.12 bits per heavy atom. The van der Waals surface area contributed by atoms with Crippen LogP contribution >= 0.6 is 0 Å². The van der Waals surface area contributed by atoms with E-state index in [9.17, 15) is 4.79 Å². The lowest BCUT2D eigenvalue weighted by Crippen LogP contribution is -2.44. The van der Waals surface area contributed by atoms with Crippen LogP contribution in [0.1, 0.15) is 56.6 Å². The largest absolute Gasteiger partial charge is 0.414 e. The van der Waals surface area contributed by atoms with Crippen molar-refractivity contribution in [3.8, 4) is 5.75 Å². The van der Waals surface area contributed by atoms with E-state index in [0.29, 0.717) is 17.8 Å². The van der Waals surface area contributed by atoms with Crippen molar-refractivity contribution in [2.24, 2.45) is 5.92 Å². The van der Waals surface area contributed by atoms with Gasteiger partial charge in [0.05, 0.1) is 0 Å². The van der Waals surface area contributed by atoms with E-state index in [1.807, 2.05) is 18.2 Å². The molecule has 3 unspecified atom stereocenters. The first-order chi connectivity index (χ1) is 11.6. The molecule has 4 nitrogen and oxygen atoms in total. The lowest BCUT2D eigenvalue weighted by molar-refractivity contribution is 0.0588. The minimum Gasteiger partial charge on any atom is -0.410 e. The normalized spacial score (nSPS) is 27.9. The number of amides is 1. The molecule has 0 radical (unpaired) electrons. The Morgan fingerprint density at radius 2 is 1.92 bits per heavy atom. The summed E-state index contributed by atoms with van der Waals surface area (Å²) in [6.07, 6.45) is 9.06. The van der Waals surface area contributed by atoms with Crippen LogP contribution in [0.15, 0.2) is 24.3 Å². The number of carbonyl (C=O) groups is 1. The van der Waals surface area contributed by atoms with Gasteiger partial charge in [0.15, 0.2) is 0 Å². The summed E-state index contributed by atoms with van der Waals surface area (Å²) in [6, 6.07) is 9.22. The second-order valence-corrected chi connectivity index (χ2v) is 7.56. The van der Waals surface area contributed by atoms with Crippen molar-refractivity contribution in [1.82, 2.24) is 9.80 Å². The summed E-state index contributed by atoms with van der Waals surface area (Å²) in [5.74, 6) is 1.51. The van der Waals surface area contributed by atoms with Crippen LogP contribution in [0.5, 0.6) is 5.75 Å². The average molecular weight is 330 g/mol. The van der Waals surface area contributed by atoms with Gasteiger partial charge in [0.1, 0.15) is 5.75 Å². The standard InChI is InChI=1S/C20H30N2O2/c1-21(2)20(23)24-17-10-7-9-16(14-17)19-13-12-15-8-5-4-6-11-18(15)22(19)3/h7,9-10,14-15,18-19H,4-6,8,11-13H2,1-3H3. The molecule has 1 amide bonds. The monoisotopic (exact) mass is 330 g/mol. The molecule has 1 heterocycles. The van der Waals surface area contributed by atoms with Gasteiger partial charge in [0.25, 0.3) is 0 Å². The molecule has 1 saturated heterocycles. The molecule has 1 aromatic carbocycles. The summed E-state index contributed by atoms with van der Waals surface area (Å²) >= 11 is 0. The van der Waals surface area contributed by atoms with Crippen LogP contribution in [0.2, 0.25) is 0 Å². The number of piperidine rings is 1. The summed E-state index contributed by atoms with van der Waals surface area (Å²) in [6.45, 7) is 0. The third kappa shape index (κ3) is 3.75. The SMILES string of the molecule is CN(C)C(=O)Oc1cccc(C2CCC3CCCCCC3N2C)c1. The van der Waals surface area contributed by atoms with Gasteiger partial charge in [0.2, 0.25) is 0 Å². The summed E-state index contributed by atoms with van der Waals surface area (Å²) in [4.78, 5) is 15.8. The average Bonchev–Trinajstić information content (AvgIpc) is 2.81. The zero-order valence-corrected chi connectivity index (χ0v) is 15.2. The number of hydrogen-bond acceptors (Lipinski definition) is 3. The van der Waals surface area contributed by atoms with Crippen LogP contribution in [-0.4, -0.2) is 43.1 Å². The molecule has 0 spiro atoms. The van der Waals surface area contributed by atoms with E-state index in [0.717, 1.165) is 5.92 Å². The lowest BCUT2D eigenvalue weighted by atomic mass is 9.81. The van der Waals surface area contributed by atoms with Crippen molar-refractivity contribution >= 4 is 6.09 Å². The number of carbonyl (C=O) groups excluding carboxylic acids is 1. The van der Waals surface area contributed by atoms with E-state index < -0.39 is 0 Å². The molecule has 3 atom stereocenters. The fraction of sp³-hybridized carbons (Fsp3) is 0.650. The molecule has 4 heteroatoms. The molecular formula is C20H30N2O2. The zero-order chi connectivity index (χ0) is 17.1. The Bertz CT molecular complexity index is 573. The number of likely N-dealkylation sites (tertiary alicyclic amines) is 1. The number of hydrogen-bond donors (Lipinski definition) is 0. The molecule has 132 valence electrons. The van der Waals surface area contributed by atoms with E-state index in [1.165, 1.54) is 55.4 Å². The third-order valence-electron chi connectivity index (χ3n) is 5.76. The van der Waals surface area contributed by atoms with E-state index in [-0.39, 0.29) is 6.09 Å². The predicted octanol–water partition coefficient (Wildman–Crippen LogP) is 4.46. The molecule has 24 heavy (non-hydrogen) atoms. The van der Waals surface area contributed by atoms with E-state index in [1.54, 1.807) is 14.1 Å². The molecule has 0 N–H and O–H groups in total. The smallest absolute Gasteiger partial charge is 0.410 e. The quantitative estimate of drug-likeness (QED) is 0.802. The van der Waals surface area contributed by atoms with Gasteiger partial charge in [-0.15, -0.1) is 0 Å². The highest BCUT2D eigenvalue weighted by molar-refractivity contribution is 5.70. The van der Waals surface area contributed by atoms with Crippen LogP contribution in [-0.2, 0) is 0 Å². The Balaban J connectivity index is 1.75. The van der Waals surface area contributed by atoms with Crippen LogP contribution < -0.4 is 4.74 Å². The molecule has 1 saturated carbocycles. The first-order valence-corrected chi connectivity index (χ1v) is 9.27. The van der Waals surface area contributed by atoms with Gasteiger partial charge in [0, 0.05) is 26.2 Å². The van der Waals surface area contributed by atoms with Gasteiger partial charge in [-0.2, -0.15) is 0 Å². The highest BCUT2D eigenvalue weighted by Crippen LogP contribution is 2.42. The summed E-state index contributed by atoms with van der Waals surface area (Å²) < 4.78 is 5.44. The van der Waals surface area contributed by atoms with Crippen molar-refractivity contribution in [2.45, 2.75) is 57.0 Å². The van der Waals surface area contributed by atoms with Gasteiger partial charge < -0.3 is 9.64 Å². The van der Waals surface area contributed by atoms with Crippen molar-refractivity contribution in [2.75, 3.05) is 21.1 Å². The minimum atomic E-state index is -0.326. The molecule has 1 aliphatic carbocycles. The Morgan fingerprint density at radius 3 is 2.71 bits per heavy atom. The number of nitrogens with zero attached hydrogens (tertiary/aromatic N) is 2. The number of ether oxygens (including phenoxy) is 1. The second kappa shape index (κ2) is 7.56. The third-order valence-corrected chi connectivity index (χ3v) is 5.76. The first kappa shape index (κ1) is 17.3. The molecule has 2 aliphatic rings. The lowest BCUT2D eigenvalue weighted by Gasteiger charge is -2.44. The number of rotatable bonds is 2. The zero-order valence-electron chi connectivity index (χ0n) is 15.2. The molecular weight excluding hydrogens is 300 g/mol. The first-order valence-electron chi connectivity index (χ1n) is 9.27. The van der Waals surface area contributed by atoms with Crippen molar-refractivity contribution in [3.63, 3.8) is 0 Å². The Labute approximate surface area is 145 Å². The topological polar surface area (TPSA) is 32.8 Å². The molecule has 3 rings (SSSR count). The van der Waals surface area contributed by atoms with E-state index in [4.69, 9.17) is 4.74 Å². The predicted molar refractivity (Wildman–Crippen MR) is 96.3 cm³/mol. The Hall–Kier alpha value is -1.55. The van der Waals surface area contributed by atoms with Gasteiger partial charge in [-0.3, -0.25) is 4.90 Å². The summed E-state index contributed by atoms with van der Waals surface area (Å²) in [7, 11) is 5.69. The second-order valence-electron chi connectivity index (χ2n) is 7.56. The van der Waals surface area contributed by atoms with Crippen LogP contribution in [0, 0.1) is 5.92 Å². The molecule has 1 aliphatic heterocycles. The minimum absolute atomic E-state index is 0.326. The molecule has 0 bridgehead atoms. The van der Waals surface area contributed by atoms with Crippen LogP contribution in [0.3, 0.4) is 0 Å². The molecule has 1 aromatic rings. The number of benzene rings is 1. The maximum Gasteiger partial charge on any atom is 0.414 e. The van der Waals surface area contributed by atoms with Crippen molar-refractivity contribution in [3.05, 3.63) is 29.8 Å². The van der Waals surface area contributed by atoms with Crippen LogP contribution in [0.4, 0.5) is 4.79 Å². The van der Waals surface area contributed by atoms with Crippen molar-refractivity contribution < 1.29 is 9.53 Å². The van der Waals surface area contributed by atoms with Gasteiger partial charge in [-0.05, 0) is 56.3 Å². The molecule has 0 aromatic heterocycles. The fourth-order valence-electron chi connectivity index (χ4n) is 4.42. The highest BCUT2D eigenvalue weighted by Gasteiger charge is 2.36. The summed E-state index contributed by atoms with van der Waals surface area (Å²) in [5.41, 5.74) is 1.27. The van der Waals surface area contributed by atoms with Gasteiger partial charge >= 0.3 is 6.09 Å². The maximum atomic E-state index is 11.8. The van der Waals surface area contributed by atoms with Crippen LogP contribution in [0.25, 0.3) is 0 Å². The Kier molecular flexibility index (Phi) is 5.44. The van der Waals surface area contributed by atoms with Gasteiger partial charge in [-0.25, -0.2) is 4.79 Å². The fourth-order valence-corrected chi connectivity index (χ4v) is 4.42. The molecule has 2 fully saturated rings. The maximum absolute atomic E-state index is 11.8. The summed E-state index contributed by atoms with van der Waals surface area (Å²) in [5, 5.41) is 0. The van der Waals surface area contributed by atoms with Crippen molar-refractivity contribution in [1.29, 1.82) is 0 Å².